The summed E-state index contributed by atoms with van der Waals surface area (Å²) in [7, 11) is 0. The lowest BCUT2D eigenvalue weighted by molar-refractivity contribution is -0.175. The van der Waals surface area contributed by atoms with E-state index in [1.54, 1.807) is 6.07 Å². The molecule has 1 aromatic rings. The van der Waals surface area contributed by atoms with E-state index < -0.39 is 12.8 Å². The topological polar surface area (TPSA) is 44.5 Å². The number of hydrogen-bond acceptors (Lipinski definition) is 3. The minimum atomic E-state index is -4.29. The van der Waals surface area contributed by atoms with Gasteiger partial charge in [0.2, 0.25) is 0 Å². The van der Waals surface area contributed by atoms with E-state index in [2.05, 4.69) is 4.74 Å². The van der Waals surface area contributed by atoms with Crippen molar-refractivity contribution in [1.29, 1.82) is 0 Å². The SMILES string of the molecule is NC1CCc2cc(OCCOCC(F)(F)F)ccc21. The Kier molecular flexibility index (Phi) is 4.31. The van der Waals surface area contributed by atoms with Crippen molar-refractivity contribution in [2.24, 2.45) is 5.73 Å². The second-order valence-corrected chi connectivity index (χ2v) is 4.52. The number of rotatable bonds is 5. The van der Waals surface area contributed by atoms with Crippen molar-refractivity contribution < 1.29 is 22.6 Å². The lowest BCUT2D eigenvalue weighted by Crippen LogP contribution is -2.19. The Morgan fingerprint density at radius 2 is 2.05 bits per heavy atom. The summed E-state index contributed by atoms with van der Waals surface area (Å²) >= 11 is 0. The molecule has 6 heteroatoms. The van der Waals surface area contributed by atoms with Crippen LogP contribution in [0.25, 0.3) is 0 Å². The van der Waals surface area contributed by atoms with Gasteiger partial charge in [-0.25, -0.2) is 0 Å². The van der Waals surface area contributed by atoms with Crippen LogP contribution in [-0.4, -0.2) is 26.0 Å². The van der Waals surface area contributed by atoms with Crippen LogP contribution in [0.3, 0.4) is 0 Å². The Morgan fingerprint density at radius 3 is 2.79 bits per heavy atom. The van der Waals surface area contributed by atoms with E-state index in [0.29, 0.717) is 5.75 Å². The van der Waals surface area contributed by atoms with Crippen molar-refractivity contribution in [3.63, 3.8) is 0 Å². The van der Waals surface area contributed by atoms with Gasteiger partial charge in [0.15, 0.2) is 0 Å². The highest BCUT2D eigenvalue weighted by molar-refractivity contribution is 5.40. The molecule has 2 N–H and O–H groups in total. The van der Waals surface area contributed by atoms with E-state index >= 15 is 0 Å². The minimum absolute atomic E-state index is 0.0826. The zero-order valence-corrected chi connectivity index (χ0v) is 10.4. The summed E-state index contributed by atoms with van der Waals surface area (Å²) in [6.45, 7) is -1.23. The Bertz CT molecular complexity index is 434. The maximum absolute atomic E-state index is 11.8. The second-order valence-electron chi connectivity index (χ2n) is 4.52. The monoisotopic (exact) mass is 275 g/mol. The van der Waals surface area contributed by atoms with Gasteiger partial charge < -0.3 is 15.2 Å². The molecule has 0 fully saturated rings. The van der Waals surface area contributed by atoms with Gasteiger partial charge in [0.1, 0.15) is 19.0 Å². The molecule has 0 amide bonds. The van der Waals surface area contributed by atoms with Crippen LogP contribution in [0, 0.1) is 0 Å². The predicted octanol–water partition coefficient (Wildman–Crippen LogP) is 2.59. The minimum Gasteiger partial charge on any atom is -0.491 e. The number of hydrogen-bond donors (Lipinski definition) is 1. The van der Waals surface area contributed by atoms with Gasteiger partial charge in [0.05, 0.1) is 6.61 Å². The van der Waals surface area contributed by atoms with Crippen LogP contribution >= 0.6 is 0 Å². The predicted molar refractivity (Wildman–Crippen MR) is 64.1 cm³/mol. The van der Waals surface area contributed by atoms with Crippen molar-refractivity contribution in [2.75, 3.05) is 19.8 Å². The highest BCUT2D eigenvalue weighted by Crippen LogP contribution is 2.31. The molecular weight excluding hydrogens is 259 g/mol. The molecule has 1 atom stereocenters. The molecule has 1 aromatic carbocycles. The summed E-state index contributed by atoms with van der Waals surface area (Å²) < 4.78 is 45.3. The molecule has 0 radical (unpaired) electrons. The fraction of sp³-hybridized carbons (Fsp3) is 0.538. The van der Waals surface area contributed by atoms with Crippen LogP contribution in [0.4, 0.5) is 13.2 Å². The molecule has 3 nitrogen and oxygen atoms in total. The van der Waals surface area contributed by atoms with Crippen molar-refractivity contribution in [2.45, 2.75) is 25.1 Å². The summed E-state index contributed by atoms with van der Waals surface area (Å²) in [5.74, 6) is 0.642. The van der Waals surface area contributed by atoms with E-state index in [4.69, 9.17) is 10.5 Å². The molecule has 0 aromatic heterocycles. The molecule has 0 aliphatic heterocycles. The summed E-state index contributed by atoms with van der Waals surface area (Å²) in [5.41, 5.74) is 8.19. The Hall–Kier alpha value is -1.27. The number of benzene rings is 1. The van der Waals surface area contributed by atoms with Crippen LogP contribution in [0.5, 0.6) is 5.75 Å². The first kappa shape index (κ1) is 14.1. The second kappa shape index (κ2) is 5.79. The summed E-state index contributed by atoms with van der Waals surface area (Å²) in [5, 5.41) is 0. The lowest BCUT2D eigenvalue weighted by atomic mass is 10.1. The molecule has 0 saturated carbocycles. The first-order chi connectivity index (χ1) is 8.96. The zero-order chi connectivity index (χ0) is 13.9. The van der Waals surface area contributed by atoms with E-state index in [1.807, 2.05) is 12.1 Å². The average Bonchev–Trinajstić information content (AvgIpc) is 2.69. The summed E-state index contributed by atoms with van der Waals surface area (Å²) in [6.07, 6.45) is -2.45. The van der Waals surface area contributed by atoms with E-state index in [-0.39, 0.29) is 19.3 Å². The molecule has 0 saturated heterocycles. The van der Waals surface area contributed by atoms with Gasteiger partial charge in [-0.15, -0.1) is 0 Å². The van der Waals surface area contributed by atoms with E-state index in [0.717, 1.165) is 24.0 Å². The Labute approximate surface area is 109 Å². The molecule has 1 unspecified atom stereocenters. The van der Waals surface area contributed by atoms with Crippen molar-refractivity contribution in [3.8, 4) is 5.75 Å². The molecule has 19 heavy (non-hydrogen) atoms. The first-order valence-corrected chi connectivity index (χ1v) is 6.11. The van der Waals surface area contributed by atoms with Crippen LogP contribution in [0.1, 0.15) is 23.6 Å². The maximum Gasteiger partial charge on any atom is 0.411 e. The molecule has 0 heterocycles. The summed E-state index contributed by atoms with van der Waals surface area (Å²) in [6, 6.07) is 5.68. The van der Waals surface area contributed by atoms with Crippen LogP contribution in [0.15, 0.2) is 18.2 Å². The van der Waals surface area contributed by atoms with Crippen LogP contribution < -0.4 is 10.5 Å². The third-order valence-corrected chi connectivity index (χ3v) is 3.00. The first-order valence-electron chi connectivity index (χ1n) is 6.11. The number of halogens is 3. The standard InChI is InChI=1S/C13H16F3NO2/c14-13(15,16)8-18-5-6-19-10-2-3-11-9(7-10)1-4-12(11)17/h2-3,7,12H,1,4-6,8,17H2. The molecule has 1 aliphatic rings. The molecule has 1 aliphatic carbocycles. The van der Waals surface area contributed by atoms with Crippen LogP contribution in [0.2, 0.25) is 0 Å². The third kappa shape index (κ3) is 4.11. The average molecular weight is 275 g/mol. The molecule has 106 valence electrons. The quantitative estimate of drug-likeness (QED) is 0.840. The smallest absolute Gasteiger partial charge is 0.411 e. The molecule has 2 rings (SSSR count). The number of nitrogens with two attached hydrogens (primary N) is 1. The Morgan fingerprint density at radius 1 is 1.26 bits per heavy atom. The normalized spacial score (nSPS) is 18.4. The van der Waals surface area contributed by atoms with Gasteiger partial charge in [0, 0.05) is 6.04 Å². The van der Waals surface area contributed by atoms with E-state index in [1.165, 1.54) is 0 Å². The van der Waals surface area contributed by atoms with Gasteiger partial charge in [-0.1, -0.05) is 6.07 Å². The largest absolute Gasteiger partial charge is 0.491 e. The number of ether oxygens (including phenoxy) is 2. The van der Waals surface area contributed by atoms with Gasteiger partial charge in [-0.3, -0.25) is 0 Å². The highest BCUT2D eigenvalue weighted by atomic mass is 19.4. The number of aryl methyl sites for hydroxylation is 1. The number of fused-ring (bicyclic) bond motifs is 1. The van der Waals surface area contributed by atoms with Gasteiger partial charge in [-0.05, 0) is 36.1 Å². The summed E-state index contributed by atoms with van der Waals surface area (Å²) in [4.78, 5) is 0. The third-order valence-electron chi connectivity index (χ3n) is 3.00. The molecule has 0 spiro atoms. The van der Waals surface area contributed by atoms with Crippen LogP contribution in [-0.2, 0) is 11.2 Å². The maximum atomic E-state index is 11.8. The van der Waals surface area contributed by atoms with Gasteiger partial charge in [0.25, 0.3) is 0 Å². The number of alkyl halides is 3. The fourth-order valence-electron chi connectivity index (χ4n) is 2.12. The van der Waals surface area contributed by atoms with Crippen molar-refractivity contribution >= 4 is 0 Å². The van der Waals surface area contributed by atoms with Gasteiger partial charge in [-0.2, -0.15) is 13.2 Å². The van der Waals surface area contributed by atoms with Gasteiger partial charge >= 0.3 is 6.18 Å². The highest BCUT2D eigenvalue weighted by Gasteiger charge is 2.27. The fourth-order valence-corrected chi connectivity index (χ4v) is 2.12. The van der Waals surface area contributed by atoms with E-state index in [9.17, 15) is 13.2 Å². The van der Waals surface area contributed by atoms with Crippen molar-refractivity contribution in [1.82, 2.24) is 0 Å². The zero-order valence-electron chi connectivity index (χ0n) is 10.4. The lowest BCUT2D eigenvalue weighted by Gasteiger charge is -2.10. The molecular formula is C13H16F3NO2. The van der Waals surface area contributed by atoms with Crippen molar-refractivity contribution in [3.05, 3.63) is 29.3 Å². The Balaban J connectivity index is 1.75. The molecule has 0 bridgehead atoms.